The average Bonchev–Trinajstić information content (AvgIpc) is 2.75. The Morgan fingerprint density at radius 3 is 2.48 bits per heavy atom. The van der Waals surface area contributed by atoms with Crippen molar-refractivity contribution in [2.45, 2.75) is 55.5 Å². The first-order valence-corrected chi connectivity index (χ1v) is 10.8. The number of hydrogen-bond acceptors (Lipinski definition) is 8. The van der Waals surface area contributed by atoms with Crippen molar-refractivity contribution < 1.29 is 42.8 Å². The van der Waals surface area contributed by atoms with Crippen LogP contribution in [-0.4, -0.2) is 70.7 Å². The highest BCUT2D eigenvalue weighted by molar-refractivity contribution is 7.98. The van der Waals surface area contributed by atoms with Crippen LogP contribution in [0.4, 0.5) is 23.7 Å². The van der Waals surface area contributed by atoms with E-state index in [2.05, 4.69) is 16.6 Å². The number of benzene rings is 1. The fourth-order valence-corrected chi connectivity index (χ4v) is 3.28. The molecule has 1 aromatic carbocycles. The molecule has 0 aromatic heterocycles. The number of ether oxygens (including phenoxy) is 2. The third-order valence-electron chi connectivity index (χ3n) is 4.54. The molecule has 1 aliphatic rings. The van der Waals surface area contributed by atoms with Crippen molar-refractivity contribution >= 4 is 23.7 Å². The number of terminal acetylenes is 1. The maximum absolute atomic E-state index is 12.3. The molecule has 2 rings (SSSR count). The fraction of sp³-hybridized carbons (Fsp3) is 0.550. The summed E-state index contributed by atoms with van der Waals surface area (Å²) in [5.74, 6) is 2.71. The van der Waals surface area contributed by atoms with Gasteiger partial charge < -0.3 is 35.4 Å². The van der Waals surface area contributed by atoms with Gasteiger partial charge in [-0.25, -0.2) is 4.79 Å². The van der Waals surface area contributed by atoms with Crippen molar-refractivity contribution in [3.63, 3.8) is 0 Å². The van der Waals surface area contributed by atoms with Crippen molar-refractivity contribution in [3.8, 4) is 18.1 Å². The van der Waals surface area contributed by atoms with Crippen LogP contribution in [0.3, 0.4) is 0 Å². The molecule has 33 heavy (non-hydrogen) atoms. The minimum atomic E-state index is -4.54. The summed E-state index contributed by atoms with van der Waals surface area (Å²) in [4.78, 5) is 11.9. The minimum absolute atomic E-state index is 0.194. The summed E-state index contributed by atoms with van der Waals surface area (Å²) in [6.45, 7) is 0.00693. The molecule has 9 nitrogen and oxygen atoms in total. The first kappa shape index (κ1) is 27.0. The summed E-state index contributed by atoms with van der Waals surface area (Å²) >= 11 is -0.523. The van der Waals surface area contributed by atoms with E-state index in [4.69, 9.17) is 15.9 Å². The molecule has 0 aliphatic carbocycles. The highest BCUT2D eigenvalue weighted by atomic mass is 32.2. The predicted molar refractivity (Wildman–Crippen MR) is 115 cm³/mol. The number of alkyl halides is 3. The number of carbonyl (C=O) groups excluding carboxylic acids is 1. The summed E-state index contributed by atoms with van der Waals surface area (Å²) in [6, 6.07) is 5.56. The van der Waals surface area contributed by atoms with Gasteiger partial charge in [0.1, 0.15) is 30.2 Å². The van der Waals surface area contributed by atoms with E-state index in [0.717, 1.165) is 12.8 Å². The van der Waals surface area contributed by atoms with Crippen molar-refractivity contribution in [1.29, 1.82) is 0 Å². The number of carbonyl (C=O) groups is 1. The van der Waals surface area contributed by atoms with E-state index in [1.807, 2.05) is 4.72 Å². The van der Waals surface area contributed by atoms with Crippen LogP contribution in [-0.2, 0) is 4.74 Å². The smallest absolute Gasteiger partial charge is 0.456 e. The van der Waals surface area contributed by atoms with Crippen LogP contribution in [0.15, 0.2) is 24.3 Å². The van der Waals surface area contributed by atoms with Gasteiger partial charge in [-0.3, -0.25) is 4.72 Å². The molecular weight excluding hydrogens is 467 g/mol. The Labute approximate surface area is 193 Å². The number of unbranched alkanes of at least 4 members (excludes halogenated alkanes) is 2. The van der Waals surface area contributed by atoms with Gasteiger partial charge in [0, 0.05) is 37.1 Å². The fourth-order valence-electron chi connectivity index (χ4n) is 2.87. The normalized spacial score (nSPS) is 25.2. The molecular formula is C20H26F3N3O6S. The van der Waals surface area contributed by atoms with E-state index in [-0.39, 0.29) is 5.75 Å². The van der Waals surface area contributed by atoms with Crippen LogP contribution in [0.2, 0.25) is 0 Å². The maximum Gasteiger partial charge on any atom is 0.456 e. The molecule has 0 saturated carbocycles. The first-order valence-electron chi connectivity index (χ1n) is 10.0. The topological polar surface area (TPSA) is 132 Å². The lowest BCUT2D eigenvalue weighted by Crippen LogP contribution is -2.60. The van der Waals surface area contributed by atoms with Crippen LogP contribution in [0.5, 0.6) is 5.75 Å². The molecule has 1 fully saturated rings. The van der Waals surface area contributed by atoms with Gasteiger partial charge in [0.05, 0.1) is 0 Å². The minimum Gasteiger partial charge on any atom is -0.462 e. The van der Waals surface area contributed by atoms with Crippen molar-refractivity contribution in [3.05, 3.63) is 24.3 Å². The number of amides is 2. The third-order valence-corrected chi connectivity index (χ3v) is 5.08. The number of nitrogens with one attached hydrogen (secondary N) is 3. The molecule has 2 amide bonds. The monoisotopic (exact) mass is 493 g/mol. The standard InChI is InChI=1S/C20H26F3N3O6S/c1-2-3-4-5-10-24-19(30)26-12-6-8-13(9-7-12)31-18-17(29)16(28)15(27)14(32-18)11-25-33-20(21,22)23/h1,6-9,14-18,25,27-29H,3-5,10-11H2,(H2,24,26,30)/t14?,15-,16?,17?,18+/m1/s1. The highest BCUT2D eigenvalue weighted by Crippen LogP contribution is 2.29. The number of urea groups is 1. The zero-order valence-electron chi connectivity index (χ0n) is 17.4. The molecule has 6 N–H and O–H groups in total. The van der Waals surface area contributed by atoms with Gasteiger partial charge in [-0.15, -0.1) is 12.3 Å². The largest absolute Gasteiger partial charge is 0.462 e. The van der Waals surface area contributed by atoms with E-state index >= 15 is 0 Å². The van der Waals surface area contributed by atoms with E-state index < -0.39 is 60.7 Å². The van der Waals surface area contributed by atoms with Crippen molar-refractivity contribution in [2.75, 3.05) is 18.4 Å². The van der Waals surface area contributed by atoms with Crippen molar-refractivity contribution in [2.24, 2.45) is 0 Å². The summed E-state index contributed by atoms with van der Waals surface area (Å²) in [7, 11) is 0. The Kier molecular flexibility index (Phi) is 10.6. The predicted octanol–water partition coefficient (Wildman–Crippen LogP) is 1.56. The van der Waals surface area contributed by atoms with Gasteiger partial charge in [-0.1, -0.05) is 0 Å². The van der Waals surface area contributed by atoms with Crippen LogP contribution >= 0.6 is 11.9 Å². The van der Waals surface area contributed by atoms with E-state index in [9.17, 15) is 33.3 Å². The van der Waals surface area contributed by atoms with Crippen LogP contribution in [0, 0.1) is 12.3 Å². The van der Waals surface area contributed by atoms with Gasteiger partial charge >= 0.3 is 11.5 Å². The first-order chi connectivity index (χ1) is 15.6. The molecule has 5 atom stereocenters. The Morgan fingerprint density at radius 2 is 1.85 bits per heavy atom. The second kappa shape index (κ2) is 12.9. The van der Waals surface area contributed by atoms with Crippen LogP contribution in [0.1, 0.15) is 19.3 Å². The van der Waals surface area contributed by atoms with Gasteiger partial charge in [0.2, 0.25) is 6.29 Å². The summed E-state index contributed by atoms with van der Waals surface area (Å²) in [5, 5.41) is 35.4. The molecule has 0 radical (unpaired) electrons. The third kappa shape index (κ3) is 9.28. The lowest BCUT2D eigenvalue weighted by atomic mass is 9.99. The number of halogens is 3. The zero-order chi connectivity index (χ0) is 24.4. The number of aliphatic hydroxyl groups excluding tert-OH is 3. The summed E-state index contributed by atoms with van der Waals surface area (Å²) in [5.41, 5.74) is -4.09. The summed E-state index contributed by atoms with van der Waals surface area (Å²) < 4.78 is 49.7. The van der Waals surface area contributed by atoms with E-state index in [1.54, 1.807) is 0 Å². The Bertz CT molecular complexity index is 793. The lowest BCUT2D eigenvalue weighted by molar-refractivity contribution is -0.270. The number of aliphatic hydroxyl groups is 3. The van der Waals surface area contributed by atoms with Gasteiger partial charge in [-0.05, 0) is 37.1 Å². The molecule has 0 bridgehead atoms. The maximum atomic E-state index is 12.3. The molecule has 1 heterocycles. The molecule has 3 unspecified atom stereocenters. The van der Waals surface area contributed by atoms with Gasteiger partial charge in [-0.2, -0.15) is 13.2 Å². The Balaban J connectivity index is 1.86. The molecule has 184 valence electrons. The summed E-state index contributed by atoms with van der Waals surface area (Å²) in [6.07, 6.45) is -0.332. The molecule has 13 heteroatoms. The number of anilines is 1. The second-order valence-electron chi connectivity index (χ2n) is 7.10. The lowest BCUT2D eigenvalue weighted by Gasteiger charge is -2.40. The Morgan fingerprint density at radius 1 is 1.15 bits per heavy atom. The van der Waals surface area contributed by atoms with Gasteiger partial charge in [0.25, 0.3) is 0 Å². The highest BCUT2D eigenvalue weighted by Gasteiger charge is 2.45. The number of rotatable bonds is 10. The second-order valence-corrected chi connectivity index (χ2v) is 8.05. The Hall–Kier alpha value is -2.21. The number of hydrogen-bond donors (Lipinski definition) is 6. The zero-order valence-corrected chi connectivity index (χ0v) is 18.2. The molecule has 0 spiro atoms. The van der Waals surface area contributed by atoms with Gasteiger partial charge in [0.15, 0.2) is 0 Å². The average molecular weight is 494 g/mol. The van der Waals surface area contributed by atoms with Crippen LogP contribution in [0.25, 0.3) is 0 Å². The van der Waals surface area contributed by atoms with Crippen LogP contribution < -0.4 is 20.1 Å². The quantitative estimate of drug-likeness (QED) is 0.164. The molecule has 1 aromatic rings. The van der Waals surface area contributed by atoms with E-state index in [1.165, 1.54) is 24.3 Å². The van der Waals surface area contributed by atoms with E-state index in [0.29, 0.717) is 18.7 Å². The molecule has 1 aliphatic heterocycles. The van der Waals surface area contributed by atoms with Crippen molar-refractivity contribution in [1.82, 2.24) is 10.0 Å². The molecule has 1 saturated heterocycles. The SMILES string of the molecule is C#CCCCCNC(=O)Nc1ccc(O[C@H]2OC(CNSC(F)(F)F)[C@@H](O)C(O)C2O)cc1.